The molecule has 0 aliphatic carbocycles. The number of hydrogen-bond acceptors (Lipinski definition) is 7. The number of methoxy groups -OCH3 is 1. The molecule has 0 bridgehead atoms. The van der Waals surface area contributed by atoms with E-state index in [-0.39, 0.29) is 28.6 Å². The second kappa shape index (κ2) is 10.7. The standard InChI is InChI=1S/C24H17ClF4N4O3S/c1-12-9-15(20-18(35-2)8-7-17(21(20)26)24(27,28)29)16(10-30-12)22(34)31-23-33-32-19(37-23)11-36-14-5-3-13(25)4-6-14/h3-10H,11H2,1-2H3,(H,31,33,34). The number of alkyl halides is 3. The van der Waals surface area contributed by atoms with Crippen LogP contribution in [0.5, 0.6) is 11.5 Å². The highest BCUT2D eigenvalue weighted by molar-refractivity contribution is 7.15. The normalized spacial score (nSPS) is 11.3. The van der Waals surface area contributed by atoms with Gasteiger partial charge in [-0.2, -0.15) is 13.2 Å². The molecular weight excluding hydrogens is 536 g/mol. The maximum absolute atomic E-state index is 15.2. The van der Waals surface area contributed by atoms with Crippen LogP contribution in [0.4, 0.5) is 22.7 Å². The van der Waals surface area contributed by atoms with Crippen molar-refractivity contribution in [3.05, 3.63) is 81.3 Å². The Hall–Kier alpha value is -3.77. The Morgan fingerprint density at radius 2 is 1.86 bits per heavy atom. The Morgan fingerprint density at radius 3 is 2.54 bits per heavy atom. The average Bonchev–Trinajstić information content (AvgIpc) is 3.29. The average molecular weight is 553 g/mol. The molecule has 2 aromatic heterocycles. The van der Waals surface area contributed by atoms with Crippen molar-refractivity contribution in [2.75, 3.05) is 12.4 Å². The van der Waals surface area contributed by atoms with Gasteiger partial charge in [0, 0.05) is 22.5 Å². The molecule has 2 aromatic carbocycles. The summed E-state index contributed by atoms with van der Waals surface area (Å²) in [5.74, 6) is -1.97. The molecule has 0 atom stereocenters. The Kier molecular flexibility index (Phi) is 7.60. The van der Waals surface area contributed by atoms with Crippen LogP contribution < -0.4 is 14.8 Å². The Bertz CT molecular complexity index is 1450. The fourth-order valence-electron chi connectivity index (χ4n) is 3.35. The van der Waals surface area contributed by atoms with Gasteiger partial charge in [0.2, 0.25) is 5.13 Å². The van der Waals surface area contributed by atoms with Gasteiger partial charge in [-0.3, -0.25) is 15.1 Å². The lowest BCUT2D eigenvalue weighted by atomic mass is 9.96. The van der Waals surface area contributed by atoms with Crippen LogP contribution in [0.2, 0.25) is 5.02 Å². The highest BCUT2D eigenvalue weighted by Crippen LogP contribution is 2.41. The molecular formula is C24H17ClF4N4O3S. The molecule has 0 radical (unpaired) electrons. The molecule has 4 rings (SSSR count). The molecule has 0 aliphatic rings. The smallest absolute Gasteiger partial charge is 0.419 e. The van der Waals surface area contributed by atoms with Gasteiger partial charge >= 0.3 is 6.18 Å². The number of anilines is 1. The van der Waals surface area contributed by atoms with Crippen LogP contribution in [0, 0.1) is 12.7 Å². The maximum atomic E-state index is 15.2. The third-order valence-electron chi connectivity index (χ3n) is 5.05. The Balaban J connectivity index is 1.61. The van der Waals surface area contributed by atoms with E-state index in [1.54, 1.807) is 31.2 Å². The van der Waals surface area contributed by atoms with Crippen LogP contribution in [0.15, 0.2) is 48.7 Å². The first-order valence-corrected chi connectivity index (χ1v) is 11.7. The lowest BCUT2D eigenvalue weighted by molar-refractivity contribution is -0.139. The summed E-state index contributed by atoms with van der Waals surface area (Å²) in [6.07, 6.45) is -3.81. The van der Waals surface area contributed by atoms with E-state index in [1.165, 1.54) is 13.2 Å². The van der Waals surface area contributed by atoms with E-state index in [0.717, 1.165) is 23.6 Å². The molecule has 0 saturated heterocycles. The van der Waals surface area contributed by atoms with Crippen molar-refractivity contribution in [3.63, 3.8) is 0 Å². The minimum Gasteiger partial charge on any atom is -0.496 e. The number of pyridine rings is 1. The highest BCUT2D eigenvalue weighted by Gasteiger charge is 2.37. The van der Waals surface area contributed by atoms with E-state index >= 15 is 4.39 Å². The molecule has 2 heterocycles. The molecule has 1 N–H and O–H groups in total. The van der Waals surface area contributed by atoms with E-state index in [2.05, 4.69) is 20.5 Å². The van der Waals surface area contributed by atoms with Gasteiger partial charge in [0.05, 0.1) is 23.8 Å². The molecule has 0 fully saturated rings. The number of nitrogens with zero attached hydrogens (tertiary/aromatic N) is 3. The predicted octanol–water partition coefficient (Wildman–Crippen LogP) is 6.56. The molecule has 0 aliphatic heterocycles. The summed E-state index contributed by atoms with van der Waals surface area (Å²) in [4.78, 5) is 17.1. The van der Waals surface area contributed by atoms with E-state index in [0.29, 0.717) is 27.5 Å². The van der Waals surface area contributed by atoms with E-state index < -0.39 is 29.0 Å². The molecule has 0 saturated carbocycles. The SMILES string of the molecule is COc1ccc(C(F)(F)F)c(F)c1-c1cc(C)ncc1C(=O)Nc1nnc(COc2ccc(Cl)cc2)s1. The number of aromatic nitrogens is 3. The predicted molar refractivity (Wildman–Crippen MR) is 130 cm³/mol. The lowest BCUT2D eigenvalue weighted by Gasteiger charge is -2.17. The van der Waals surface area contributed by atoms with Gasteiger partial charge < -0.3 is 9.47 Å². The molecule has 13 heteroatoms. The molecule has 4 aromatic rings. The van der Waals surface area contributed by atoms with Crippen molar-refractivity contribution < 1.29 is 31.8 Å². The van der Waals surface area contributed by atoms with Gasteiger partial charge in [-0.15, -0.1) is 10.2 Å². The van der Waals surface area contributed by atoms with Crippen molar-refractivity contribution in [3.8, 4) is 22.6 Å². The van der Waals surface area contributed by atoms with Crippen LogP contribution in [0.25, 0.3) is 11.1 Å². The number of amides is 1. The maximum Gasteiger partial charge on any atom is 0.419 e. The minimum absolute atomic E-state index is 0.0686. The number of carbonyl (C=O) groups excluding carboxylic acids is 1. The molecule has 1 amide bonds. The summed E-state index contributed by atoms with van der Waals surface area (Å²) in [6.45, 7) is 1.63. The van der Waals surface area contributed by atoms with Crippen LogP contribution in [-0.2, 0) is 12.8 Å². The van der Waals surface area contributed by atoms with Gasteiger partial charge in [0.1, 0.15) is 23.9 Å². The minimum atomic E-state index is -4.95. The number of nitrogens with one attached hydrogen (secondary N) is 1. The number of halogens is 5. The summed E-state index contributed by atoms with van der Waals surface area (Å²) < 4.78 is 66.1. The molecule has 0 unspecified atom stereocenters. The first-order chi connectivity index (χ1) is 17.6. The zero-order valence-corrected chi connectivity index (χ0v) is 20.8. The van der Waals surface area contributed by atoms with Crippen molar-refractivity contribution in [1.82, 2.24) is 15.2 Å². The quantitative estimate of drug-likeness (QED) is 0.261. The number of rotatable bonds is 7. The lowest BCUT2D eigenvalue weighted by Crippen LogP contribution is -2.15. The summed E-state index contributed by atoms with van der Waals surface area (Å²) in [5.41, 5.74) is -1.96. The topological polar surface area (TPSA) is 86.2 Å². The van der Waals surface area contributed by atoms with Crippen molar-refractivity contribution >= 4 is 34.0 Å². The van der Waals surface area contributed by atoms with Crippen LogP contribution in [0.3, 0.4) is 0 Å². The summed E-state index contributed by atoms with van der Waals surface area (Å²) in [7, 11) is 1.19. The van der Waals surface area contributed by atoms with Crippen molar-refractivity contribution in [2.24, 2.45) is 0 Å². The van der Waals surface area contributed by atoms with Crippen LogP contribution in [-0.4, -0.2) is 28.2 Å². The largest absolute Gasteiger partial charge is 0.496 e. The van der Waals surface area contributed by atoms with Crippen LogP contribution >= 0.6 is 22.9 Å². The van der Waals surface area contributed by atoms with Gasteiger partial charge in [-0.1, -0.05) is 22.9 Å². The number of carbonyl (C=O) groups is 1. The van der Waals surface area contributed by atoms with Gasteiger partial charge in [-0.05, 0) is 49.4 Å². The third-order valence-corrected chi connectivity index (χ3v) is 6.11. The second-order valence-electron chi connectivity index (χ2n) is 7.57. The number of hydrogen-bond donors (Lipinski definition) is 1. The zero-order valence-electron chi connectivity index (χ0n) is 19.2. The molecule has 192 valence electrons. The monoisotopic (exact) mass is 552 g/mol. The van der Waals surface area contributed by atoms with Gasteiger partial charge in [-0.25, -0.2) is 4.39 Å². The first kappa shape index (κ1) is 26.3. The summed E-state index contributed by atoms with van der Waals surface area (Å²) >= 11 is 6.87. The third kappa shape index (κ3) is 5.97. The fraction of sp³-hybridized carbons (Fsp3) is 0.167. The Morgan fingerprint density at radius 1 is 1.14 bits per heavy atom. The Labute approximate surface area is 217 Å². The van der Waals surface area contributed by atoms with Crippen molar-refractivity contribution in [2.45, 2.75) is 19.7 Å². The van der Waals surface area contributed by atoms with E-state index in [9.17, 15) is 18.0 Å². The molecule has 7 nitrogen and oxygen atoms in total. The van der Waals surface area contributed by atoms with E-state index in [1.807, 2.05) is 0 Å². The molecule has 0 spiro atoms. The summed E-state index contributed by atoms with van der Waals surface area (Å²) in [6, 6.07) is 9.58. The van der Waals surface area contributed by atoms with E-state index in [4.69, 9.17) is 21.1 Å². The number of benzene rings is 2. The van der Waals surface area contributed by atoms with Gasteiger partial charge in [0.25, 0.3) is 5.91 Å². The van der Waals surface area contributed by atoms with Gasteiger partial charge in [0.15, 0.2) is 5.01 Å². The number of ether oxygens (including phenoxy) is 2. The first-order valence-electron chi connectivity index (χ1n) is 10.5. The second-order valence-corrected chi connectivity index (χ2v) is 9.07. The summed E-state index contributed by atoms with van der Waals surface area (Å²) in [5, 5.41) is 11.5. The highest BCUT2D eigenvalue weighted by atomic mass is 35.5. The zero-order chi connectivity index (χ0) is 26.7. The van der Waals surface area contributed by atoms with Crippen LogP contribution in [0.1, 0.15) is 26.6 Å². The van der Waals surface area contributed by atoms with Crippen molar-refractivity contribution in [1.29, 1.82) is 0 Å². The number of aryl methyl sites for hydroxylation is 1. The fourth-order valence-corrected chi connectivity index (χ4v) is 4.12. The molecule has 37 heavy (non-hydrogen) atoms.